The molecule has 1 heterocycles. The zero-order valence-corrected chi connectivity index (χ0v) is 13.6. The van der Waals surface area contributed by atoms with Crippen molar-refractivity contribution in [3.63, 3.8) is 0 Å². The van der Waals surface area contributed by atoms with Gasteiger partial charge in [0, 0.05) is 17.1 Å². The minimum atomic E-state index is -1.22. The molecule has 3 rings (SSSR count). The predicted molar refractivity (Wildman–Crippen MR) is 93.7 cm³/mol. The van der Waals surface area contributed by atoms with Crippen molar-refractivity contribution in [2.45, 2.75) is 6.54 Å². The Morgan fingerprint density at radius 1 is 1.08 bits per heavy atom. The van der Waals surface area contributed by atoms with Gasteiger partial charge < -0.3 is 15.0 Å². The lowest BCUT2D eigenvalue weighted by Crippen LogP contribution is -2.33. The van der Waals surface area contributed by atoms with E-state index in [9.17, 15) is 18.8 Å². The van der Waals surface area contributed by atoms with Gasteiger partial charge in [-0.1, -0.05) is 30.3 Å². The number of carboxylic acids is 1. The first-order chi connectivity index (χ1) is 12.5. The molecule has 0 atom stereocenters. The van der Waals surface area contributed by atoms with E-state index in [0.29, 0.717) is 16.5 Å². The van der Waals surface area contributed by atoms with Crippen LogP contribution in [-0.4, -0.2) is 28.1 Å². The lowest BCUT2D eigenvalue weighted by atomic mass is 10.1. The Morgan fingerprint density at radius 3 is 2.50 bits per heavy atom. The van der Waals surface area contributed by atoms with E-state index in [-0.39, 0.29) is 12.1 Å². The van der Waals surface area contributed by atoms with E-state index in [1.165, 1.54) is 12.3 Å². The molecule has 0 aliphatic rings. The number of hydrogen-bond acceptors (Lipinski definition) is 3. The average molecular weight is 354 g/mol. The van der Waals surface area contributed by atoms with Gasteiger partial charge in [0.05, 0.1) is 12.1 Å². The van der Waals surface area contributed by atoms with Crippen LogP contribution in [0.1, 0.15) is 15.9 Å². The molecule has 1 aromatic heterocycles. The van der Waals surface area contributed by atoms with E-state index in [0.717, 1.165) is 0 Å². The topological polar surface area (TPSA) is 88.4 Å². The van der Waals surface area contributed by atoms with Crippen LogP contribution in [0, 0.1) is 5.82 Å². The number of aliphatic carboxylic acids is 1. The molecule has 0 bridgehead atoms. The Labute approximate surface area is 147 Å². The number of rotatable bonds is 5. The highest BCUT2D eigenvalue weighted by Crippen LogP contribution is 2.15. The number of halogens is 1. The predicted octanol–water partition coefficient (Wildman–Crippen LogP) is 2.00. The van der Waals surface area contributed by atoms with Crippen molar-refractivity contribution in [2.24, 2.45) is 0 Å². The molecule has 6 nitrogen and oxygen atoms in total. The summed E-state index contributed by atoms with van der Waals surface area (Å²) in [7, 11) is 0. The Kier molecular flexibility index (Phi) is 4.79. The van der Waals surface area contributed by atoms with E-state index in [1.807, 2.05) is 0 Å². The third-order valence-electron chi connectivity index (χ3n) is 3.93. The highest BCUT2D eigenvalue weighted by molar-refractivity contribution is 5.98. The van der Waals surface area contributed by atoms with Crippen LogP contribution in [0.3, 0.4) is 0 Å². The lowest BCUT2D eigenvalue weighted by Gasteiger charge is -2.14. The Morgan fingerprint density at radius 2 is 1.77 bits per heavy atom. The third kappa shape index (κ3) is 3.46. The van der Waals surface area contributed by atoms with Crippen LogP contribution >= 0.6 is 0 Å². The van der Waals surface area contributed by atoms with Gasteiger partial charge in [0.15, 0.2) is 0 Å². The van der Waals surface area contributed by atoms with E-state index in [4.69, 9.17) is 5.11 Å². The summed E-state index contributed by atoms with van der Waals surface area (Å²) in [5.74, 6) is -2.40. The smallest absolute Gasteiger partial charge is 0.322 e. The van der Waals surface area contributed by atoms with Gasteiger partial charge in [-0.15, -0.1) is 0 Å². The zero-order chi connectivity index (χ0) is 18.7. The van der Waals surface area contributed by atoms with Gasteiger partial charge in [0.1, 0.15) is 17.9 Å². The fraction of sp³-hybridized carbons (Fsp3) is 0.105. The van der Waals surface area contributed by atoms with Crippen molar-refractivity contribution in [3.05, 3.63) is 81.9 Å². The number of amides is 1. The number of nitrogens with zero attached hydrogens (tertiary/aromatic N) is 1. The molecule has 0 spiro atoms. The summed E-state index contributed by atoms with van der Waals surface area (Å²) in [5, 5.41) is 11.2. The summed E-state index contributed by atoms with van der Waals surface area (Å²) in [4.78, 5) is 35.5. The number of nitrogens with one attached hydrogen (secondary N) is 1. The van der Waals surface area contributed by atoms with Gasteiger partial charge in [0.2, 0.25) is 5.43 Å². The number of benzene rings is 2. The SMILES string of the molecule is O=C(O)CNC(=O)c1cn(Cc2ccccc2F)c2ccccc2c1=O. The quantitative estimate of drug-likeness (QED) is 0.734. The molecule has 3 aromatic rings. The summed E-state index contributed by atoms with van der Waals surface area (Å²) in [6.45, 7) is -0.481. The molecule has 26 heavy (non-hydrogen) atoms. The van der Waals surface area contributed by atoms with E-state index < -0.39 is 29.7 Å². The molecule has 2 aromatic carbocycles. The summed E-state index contributed by atoms with van der Waals surface area (Å²) in [5.41, 5.74) is 0.253. The first-order valence-corrected chi connectivity index (χ1v) is 7.83. The van der Waals surface area contributed by atoms with Gasteiger partial charge in [0.25, 0.3) is 5.91 Å². The number of aromatic nitrogens is 1. The molecule has 0 saturated carbocycles. The molecule has 0 aliphatic carbocycles. The van der Waals surface area contributed by atoms with Gasteiger partial charge >= 0.3 is 5.97 Å². The van der Waals surface area contributed by atoms with Crippen LogP contribution in [-0.2, 0) is 11.3 Å². The first-order valence-electron chi connectivity index (χ1n) is 7.83. The van der Waals surface area contributed by atoms with Crippen molar-refractivity contribution in [1.82, 2.24) is 9.88 Å². The van der Waals surface area contributed by atoms with Crippen LogP contribution in [0.5, 0.6) is 0 Å². The second-order valence-electron chi connectivity index (χ2n) is 5.68. The van der Waals surface area contributed by atoms with E-state index in [1.54, 1.807) is 47.0 Å². The monoisotopic (exact) mass is 354 g/mol. The standard InChI is InChI=1S/C19H15FN2O4/c20-15-7-3-1-5-12(15)10-22-11-14(19(26)21-9-17(23)24)18(25)13-6-2-4-8-16(13)22/h1-8,11H,9-10H2,(H,21,26)(H,23,24). The molecule has 0 saturated heterocycles. The van der Waals surface area contributed by atoms with Crippen LogP contribution in [0.15, 0.2) is 59.5 Å². The fourth-order valence-electron chi connectivity index (χ4n) is 2.70. The fourth-order valence-corrected chi connectivity index (χ4v) is 2.70. The minimum Gasteiger partial charge on any atom is -0.480 e. The number of carboxylic acid groups (broad SMARTS) is 1. The van der Waals surface area contributed by atoms with Crippen LogP contribution < -0.4 is 10.7 Å². The van der Waals surface area contributed by atoms with Crippen molar-refractivity contribution in [1.29, 1.82) is 0 Å². The highest BCUT2D eigenvalue weighted by atomic mass is 19.1. The lowest BCUT2D eigenvalue weighted by molar-refractivity contribution is -0.135. The molecular formula is C19H15FN2O4. The molecule has 0 radical (unpaired) electrons. The molecule has 1 amide bonds. The Hall–Kier alpha value is -3.48. The third-order valence-corrected chi connectivity index (χ3v) is 3.93. The number of carbonyl (C=O) groups excluding carboxylic acids is 1. The summed E-state index contributed by atoms with van der Waals surface area (Å²) >= 11 is 0. The molecule has 0 unspecified atom stereocenters. The number of pyridine rings is 1. The van der Waals surface area contributed by atoms with Crippen molar-refractivity contribution < 1.29 is 19.1 Å². The Balaban J connectivity index is 2.11. The summed E-state index contributed by atoms with van der Waals surface area (Å²) < 4.78 is 15.6. The normalized spacial score (nSPS) is 10.7. The van der Waals surface area contributed by atoms with Crippen molar-refractivity contribution >= 4 is 22.8 Å². The van der Waals surface area contributed by atoms with Gasteiger partial charge in [-0.25, -0.2) is 4.39 Å². The Bertz CT molecular complexity index is 1060. The number of para-hydroxylation sites is 1. The number of carbonyl (C=O) groups is 2. The number of fused-ring (bicyclic) bond motifs is 1. The minimum absolute atomic E-state index is 0.118. The molecule has 132 valence electrons. The molecule has 7 heteroatoms. The molecule has 0 fully saturated rings. The highest BCUT2D eigenvalue weighted by Gasteiger charge is 2.16. The zero-order valence-electron chi connectivity index (χ0n) is 13.6. The second kappa shape index (κ2) is 7.18. The van der Waals surface area contributed by atoms with Gasteiger partial charge in [-0.2, -0.15) is 0 Å². The van der Waals surface area contributed by atoms with E-state index in [2.05, 4.69) is 5.32 Å². The van der Waals surface area contributed by atoms with Gasteiger partial charge in [-0.3, -0.25) is 14.4 Å². The van der Waals surface area contributed by atoms with E-state index >= 15 is 0 Å². The first kappa shape index (κ1) is 17.3. The largest absolute Gasteiger partial charge is 0.480 e. The summed E-state index contributed by atoms with van der Waals surface area (Å²) in [6.07, 6.45) is 1.33. The van der Waals surface area contributed by atoms with Crippen molar-refractivity contribution in [2.75, 3.05) is 6.54 Å². The maximum Gasteiger partial charge on any atom is 0.322 e. The molecule has 2 N–H and O–H groups in total. The van der Waals surface area contributed by atoms with Gasteiger partial charge in [-0.05, 0) is 18.2 Å². The van der Waals surface area contributed by atoms with Crippen molar-refractivity contribution in [3.8, 4) is 0 Å². The number of hydrogen-bond donors (Lipinski definition) is 2. The maximum absolute atomic E-state index is 14.0. The molecule has 0 aliphatic heterocycles. The van der Waals surface area contributed by atoms with Crippen LogP contribution in [0.25, 0.3) is 10.9 Å². The average Bonchev–Trinajstić information content (AvgIpc) is 2.63. The van der Waals surface area contributed by atoms with Crippen LogP contribution in [0.2, 0.25) is 0 Å². The maximum atomic E-state index is 14.0. The molecular weight excluding hydrogens is 339 g/mol. The second-order valence-corrected chi connectivity index (χ2v) is 5.68. The van der Waals surface area contributed by atoms with Crippen LogP contribution in [0.4, 0.5) is 4.39 Å². The summed E-state index contributed by atoms with van der Waals surface area (Å²) in [6, 6.07) is 12.9.